The molecule has 3 atom stereocenters. The number of likely N-dealkylation sites (tertiary alicyclic amines) is 1. The summed E-state index contributed by atoms with van der Waals surface area (Å²) in [7, 11) is 3.53. The van der Waals surface area contributed by atoms with Gasteiger partial charge in [0.1, 0.15) is 28.5 Å². The van der Waals surface area contributed by atoms with E-state index in [-0.39, 0.29) is 18.0 Å². The number of hydrogen-bond acceptors (Lipinski definition) is 5. The number of fused-ring (bicyclic) bond motifs is 4. The van der Waals surface area contributed by atoms with Crippen LogP contribution in [0.3, 0.4) is 0 Å². The lowest BCUT2D eigenvalue weighted by Gasteiger charge is -2.27. The highest BCUT2D eigenvalue weighted by Gasteiger charge is 2.47. The molecule has 46 heavy (non-hydrogen) atoms. The Morgan fingerprint density at radius 3 is 2.39 bits per heavy atom. The molecule has 3 aromatic carbocycles. The van der Waals surface area contributed by atoms with Crippen LogP contribution in [0.15, 0.2) is 48.5 Å². The molecule has 2 saturated carbocycles. The second kappa shape index (κ2) is 10.4. The van der Waals surface area contributed by atoms with E-state index in [9.17, 15) is 18.4 Å². The van der Waals surface area contributed by atoms with Gasteiger partial charge in [0.15, 0.2) is 5.82 Å². The van der Waals surface area contributed by atoms with E-state index >= 15 is 0 Å². The smallest absolute Gasteiger partial charge is 0.254 e. The third-order valence-corrected chi connectivity index (χ3v) is 10.2. The van der Waals surface area contributed by atoms with Gasteiger partial charge in [-0.25, -0.2) is 13.8 Å². The summed E-state index contributed by atoms with van der Waals surface area (Å²) < 4.78 is 39.4. The minimum atomic E-state index is -1.15. The van der Waals surface area contributed by atoms with Crippen LogP contribution in [-0.2, 0) is 13.6 Å². The van der Waals surface area contributed by atoms with Crippen LogP contribution < -0.4 is 16.2 Å². The van der Waals surface area contributed by atoms with Crippen molar-refractivity contribution in [3.8, 4) is 28.4 Å². The maximum absolute atomic E-state index is 14.7. The van der Waals surface area contributed by atoms with E-state index in [0.717, 1.165) is 66.5 Å². The fourth-order valence-corrected chi connectivity index (χ4v) is 7.62. The Morgan fingerprint density at radius 1 is 1.00 bits per heavy atom. The molecule has 5 aromatic rings. The molecule has 3 aliphatic rings. The summed E-state index contributed by atoms with van der Waals surface area (Å²) in [4.78, 5) is 32.2. The Hall–Kier alpha value is -4.77. The lowest BCUT2D eigenvalue weighted by atomic mass is 10.0. The van der Waals surface area contributed by atoms with Gasteiger partial charge in [0.2, 0.25) is 0 Å². The Labute approximate surface area is 263 Å². The largest absolute Gasteiger partial charge is 0.494 e. The standard InChI is InChI=1S/C35H34F2N6O3/c1-41-32-25(11-22(14-29(32)46-2)35(45)43-16-20-7-8-26(43)31(20)38)40-34(41)28-13-19-6-5-18(12-27(19)42(28)15-17-3-4-17)21-9-23(36)30(33(39)44)24(37)10-21/h5-6,9-14,17,20,26,31H,3-4,7-8,15-16,38H2,1-2H3,(H2,39,44)/t20-,26-,31-/m1/s1. The zero-order chi connectivity index (χ0) is 32.0. The van der Waals surface area contributed by atoms with Crippen LogP contribution >= 0.6 is 0 Å². The number of aromatic nitrogens is 3. The predicted octanol–water partition coefficient (Wildman–Crippen LogP) is 5.22. The van der Waals surface area contributed by atoms with Crippen LogP contribution in [0.2, 0.25) is 0 Å². The molecule has 0 spiro atoms. The number of carbonyl (C=O) groups excluding carboxylic acids is 2. The number of piperidine rings is 1. The second-order valence-electron chi connectivity index (χ2n) is 13.0. The van der Waals surface area contributed by atoms with Crippen molar-refractivity contribution in [2.24, 2.45) is 30.4 Å². The Balaban J connectivity index is 1.23. The number of ether oxygens (including phenoxy) is 1. The first-order chi connectivity index (χ1) is 22.1. The van der Waals surface area contributed by atoms with Crippen molar-refractivity contribution in [1.82, 2.24) is 19.0 Å². The minimum absolute atomic E-state index is 0.0254. The van der Waals surface area contributed by atoms with E-state index in [1.165, 1.54) is 0 Å². The fraction of sp³-hybridized carbons (Fsp3) is 0.343. The van der Waals surface area contributed by atoms with Crippen LogP contribution in [0.25, 0.3) is 44.6 Å². The average molecular weight is 625 g/mol. The van der Waals surface area contributed by atoms with E-state index in [1.807, 2.05) is 34.7 Å². The number of methoxy groups -OCH3 is 1. The van der Waals surface area contributed by atoms with Crippen molar-refractivity contribution in [3.05, 3.63) is 71.3 Å². The third-order valence-electron chi connectivity index (χ3n) is 10.2. The Kier molecular flexibility index (Phi) is 6.47. The first-order valence-electron chi connectivity index (χ1n) is 15.7. The number of primary amides is 1. The van der Waals surface area contributed by atoms with Gasteiger partial charge >= 0.3 is 0 Å². The van der Waals surface area contributed by atoms with E-state index in [2.05, 4.69) is 10.6 Å². The van der Waals surface area contributed by atoms with E-state index in [1.54, 1.807) is 19.2 Å². The summed E-state index contributed by atoms with van der Waals surface area (Å²) in [5.41, 5.74) is 15.5. The van der Waals surface area contributed by atoms with E-state index in [0.29, 0.717) is 52.2 Å². The first kappa shape index (κ1) is 28.7. The zero-order valence-corrected chi connectivity index (χ0v) is 25.6. The van der Waals surface area contributed by atoms with Crippen molar-refractivity contribution >= 4 is 33.8 Å². The number of carbonyl (C=O) groups is 2. The molecule has 9 nitrogen and oxygen atoms in total. The molecular formula is C35H34F2N6O3. The topological polar surface area (TPSA) is 121 Å². The Bertz CT molecular complexity index is 2070. The molecule has 0 radical (unpaired) electrons. The second-order valence-corrected chi connectivity index (χ2v) is 13.0. The average Bonchev–Trinajstić information content (AvgIpc) is 3.43. The van der Waals surface area contributed by atoms with Gasteiger partial charge < -0.3 is 30.2 Å². The molecule has 11 heteroatoms. The molecular weight excluding hydrogens is 590 g/mol. The maximum atomic E-state index is 14.7. The van der Waals surface area contributed by atoms with Gasteiger partial charge in [0.25, 0.3) is 11.8 Å². The van der Waals surface area contributed by atoms with Crippen molar-refractivity contribution in [2.45, 2.75) is 44.3 Å². The molecule has 2 aliphatic carbocycles. The lowest BCUT2D eigenvalue weighted by molar-refractivity contribution is 0.0700. The first-order valence-corrected chi connectivity index (χ1v) is 15.7. The Morgan fingerprint density at radius 2 is 1.76 bits per heavy atom. The summed E-state index contributed by atoms with van der Waals surface area (Å²) in [6.45, 7) is 1.43. The molecule has 1 aliphatic heterocycles. The van der Waals surface area contributed by atoms with Crippen LogP contribution in [0, 0.1) is 23.5 Å². The quantitative estimate of drug-likeness (QED) is 0.257. The van der Waals surface area contributed by atoms with Gasteiger partial charge in [-0.2, -0.15) is 0 Å². The highest BCUT2D eigenvalue weighted by atomic mass is 19.1. The van der Waals surface area contributed by atoms with Crippen LogP contribution in [0.5, 0.6) is 5.75 Å². The van der Waals surface area contributed by atoms with E-state index in [4.69, 9.17) is 21.2 Å². The zero-order valence-electron chi connectivity index (χ0n) is 25.6. The highest BCUT2D eigenvalue weighted by Crippen LogP contribution is 2.41. The normalized spacial score (nSPS) is 20.7. The summed E-state index contributed by atoms with van der Waals surface area (Å²) in [6, 6.07) is 13.7. The van der Waals surface area contributed by atoms with Crippen LogP contribution in [0.1, 0.15) is 46.4 Å². The number of imidazole rings is 1. The number of rotatable bonds is 7. The van der Waals surface area contributed by atoms with Gasteiger partial charge in [0.05, 0.1) is 18.3 Å². The molecule has 1 saturated heterocycles. The summed E-state index contributed by atoms with van der Waals surface area (Å²) in [6.07, 6.45) is 4.23. The molecule has 8 rings (SSSR count). The molecule has 3 heterocycles. The number of hydrogen-bond donors (Lipinski definition) is 2. The molecule has 0 unspecified atom stereocenters. The molecule has 3 fully saturated rings. The van der Waals surface area contributed by atoms with Crippen molar-refractivity contribution in [3.63, 3.8) is 0 Å². The molecule has 2 bridgehead atoms. The maximum Gasteiger partial charge on any atom is 0.254 e. The number of benzene rings is 3. The van der Waals surface area contributed by atoms with Gasteiger partial charge in [-0.15, -0.1) is 0 Å². The third kappa shape index (κ3) is 4.39. The minimum Gasteiger partial charge on any atom is -0.494 e. The molecule has 236 valence electrons. The van der Waals surface area contributed by atoms with Gasteiger partial charge in [-0.1, -0.05) is 12.1 Å². The fourth-order valence-electron chi connectivity index (χ4n) is 7.62. The molecule has 4 N–H and O–H groups in total. The van der Waals surface area contributed by atoms with Crippen LogP contribution in [0.4, 0.5) is 8.78 Å². The summed E-state index contributed by atoms with van der Waals surface area (Å²) in [5, 5.41) is 0.949. The van der Waals surface area contributed by atoms with Crippen molar-refractivity contribution in [2.75, 3.05) is 13.7 Å². The number of aryl methyl sites for hydroxylation is 1. The number of nitrogens with two attached hydrogens (primary N) is 2. The van der Waals surface area contributed by atoms with Gasteiger partial charge in [0, 0.05) is 48.7 Å². The van der Waals surface area contributed by atoms with E-state index < -0.39 is 23.1 Å². The number of halogens is 2. The van der Waals surface area contributed by atoms with Gasteiger partial charge in [-0.3, -0.25) is 9.59 Å². The van der Waals surface area contributed by atoms with Gasteiger partial charge in [-0.05, 0) is 85.0 Å². The predicted molar refractivity (Wildman–Crippen MR) is 170 cm³/mol. The SMILES string of the molecule is COc1cc(C(=O)N2C[C@H]3CC[C@@H]2[C@@H]3N)cc2nc(-c3cc4ccc(-c5cc(F)c(C(N)=O)c(F)c5)cc4n3CC3CC3)n(C)c12. The number of amides is 2. The van der Waals surface area contributed by atoms with Crippen molar-refractivity contribution in [1.29, 1.82) is 0 Å². The molecule has 2 aromatic heterocycles. The lowest BCUT2D eigenvalue weighted by Crippen LogP contribution is -2.41. The van der Waals surface area contributed by atoms with Crippen LogP contribution in [-0.4, -0.2) is 56.6 Å². The summed E-state index contributed by atoms with van der Waals surface area (Å²) >= 11 is 0. The number of nitrogens with zero attached hydrogens (tertiary/aromatic N) is 4. The molecule has 2 amide bonds. The highest BCUT2D eigenvalue weighted by molar-refractivity contribution is 6.01. The van der Waals surface area contributed by atoms with Crippen molar-refractivity contribution < 1.29 is 23.1 Å². The monoisotopic (exact) mass is 624 g/mol. The summed E-state index contributed by atoms with van der Waals surface area (Å²) in [5.74, 6) is -1.06.